The third kappa shape index (κ3) is 20.6. The van der Waals surface area contributed by atoms with Crippen LogP contribution in [0.3, 0.4) is 0 Å². The van der Waals surface area contributed by atoms with E-state index in [4.69, 9.17) is 9.47 Å². The second-order valence-electron chi connectivity index (χ2n) is 19.8. The molecule has 0 aliphatic carbocycles. The minimum absolute atomic E-state index is 0.172. The van der Waals surface area contributed by atoms with Crippen molar-refractivity contribution in [3.05, 3.63) is 0 Å². The summed E-state index contributed by atoms with van der Waals surface area (Å²) >= 11 is 0. The number of rotatable bonds is 38. The summed E-state index contributed by atoms with van der Waals surface area (Å²) in [6.07, 6.45) is 48.0. The molecular formula is C52H104O2. The van der Waals surface area contributed by atoms with Crippen molar-refractivity contribution in [2.24, 2.45) is 23.7 Å². The zero-order chi connectivity index (χ0) is 39.9. The first-order valence-electron chi connectivity index (χ1n) is 25.4. The van der Waals surface area contributed by atoms with Crippen molar-refractivity contribution < 1.29 is 9.47 Å². The van der Waals surface area contributed by atoms with E-state index in [1.165, 1.54) is 205 Å². The van der Waals surface area contributed by atoms with Gasteiger partial charge in [-0.05, 0) is 36.5 Å². The van der Waals surface area contributed by atoms with Gasteiger partial charge in [0.1, 0.15) is 11.2 Å². The normalized spacial score (nSPS) is 22.1. The Kier molecular flexibility index (Phi) is 31.6. The Morgan fingerprint density at radius 2 is 0.481 bits per heavy atom. The fourth-order valence-electron chi connectivity index (χ4n) is 10.1. The third-order valence-electron chi connectivity index (χ3n) is 13.7. The summed E-state index contributed by atoms with van der Waals surface area (Å²) in [5, 5.41) is 0. The van der Waals surface area contributed by atoms with E-state index in [1.54, 1.807) is 0 Å². The van der Waals surface area contributed by atoms with Crippen LogP contribution in [0, 0.1) is 23.7 Å². The van der Waals surface area contributed by atoms with Crippen LogP contribution < -0.4 is 0 Å². The van der Waals surface area contributed by atoms with Gasteiger partial charge >= 0.3 is 0 Å². The van der Waals surface area contributed by atoms with Gasteiger partial charge in [0, 0.05) is 0 Å². The molecule has 0 aromatic heterocycles. The molecule has 0 spiro atoms. The lowest BCUT2D eigenvalue weighted by atomic mass is 9.63. The highest BCUT2D eigenvalue weighted by atomic mass is 16.6. The maximum absolute atomic E-state index is 7.63. The first kappa shape index (κ1) is 51.9. The van der Waals surface area contributed by atoms with Crippen molar-refractivity contribution in [1.29, 1.82) is 0 Å². The molecule has 54 heavy (non-hydrogen) atoms. The maximum atomic E-state index is 7.63. The van der Waals surface area contributed by atoms with Gasteiger partial charge in [0.2, 0.25) is 0 Å². The second kappa shape index (κ2) is 32.8. The van der Waals surface area contributed by atoms with Gasteiger partial charge in [-0.2, -0.15) is 0 Å². The van der Waals surface area contributed by atoms with Crippen molar-refractivity contribution in [2.75, 3.05) is 0 Å². The van der Waals surface area contributed by atoms with E-state index in [9.17, 15) is 0 Å². The number of unbranched alkanes of at least 4 members (excludes halogenated alkanes) is 30. The molecule has 1 rings (SSSR count). The summed E-state index contributed by atoms with van der Waals surface area (Å²) in [5.41, 5.74) is -0.431. The minimum atomic E-state index is -0.215. The third-order valence-corrected chi connectivity index (χ3v) is 13.7. The molecule has 324 valence electrons. The van der Waals surface area contributed by atoms with Gasteiger partial charge in [-0.1, -0.05) is 275 Å². The van der Waals surface area contributed by atoms with E-state index in [0.29, 0.717) is 23.7 Å². The number of hydrogen-bond acceptors (Lipinski definition) is 2. The Balaban J connectivity index is 2.59. The molecule has 2 nitrogen and oxygen atoms in total. The predicted octanol–water partition coefficient (Wildman–Crippen LogP) is 18.2. The monoisotopic (exact) mass is 761 g/mol. The van der Waals surface area contributed by atoms with E-state index in [2.05, 4.69) is 69.2 Å². The van der Waals surface area contributed by atoms with Crippen LogP contribution in [0.5, 0.6) is 0 Å². The lowest BCUT2D eigenvalue weighted by molar-refractivity contribution is -0.360. The molecule has 1 aliphatic rings. The molecule has 2 heteroatoms. The van der Waals surface area contributed by atoms with Gasteiger partial charge in [-0.15, -0.1) is 0 Å². The zero-order valence-corrected chi connectivity index (χ0v) is 39.3. The molecule has 1 heterocycles. The van der Waals surface area contributed by atoms with Gasteiger partial charge in [-0.25, -0.2) is 0 Å². The molecule has 1 fully saturated rings. The van der Waals surface area contributed by atoms with Gasteiger partial charge in [0.05, 0.1) is 12.2 Å². The molecule has 0 saturated carbocycles. The van der Waals surface area contributed by atoms with Gasteiger partial charge < -0.3 is 9.47 Å². The van der Waals surface area contributed by atoms with Crippen molar-refractivity contribution >= 4 is 0 Å². The minimum Gasteiger partial charge on any atom is -0.366 e. The lowest BCUT2D eigenvalue weighted by Crippen LogP contribution is -2.71. The lowest BCUT2D eigenvalue weighted by Gasteiger charge is -2.63. The Hall–Kier alpha value is -0.0800. The SMILES string of the molecule is CCCCCCCCCCCCCCCCCCC1(C(C)C)OC(C(C)C)C(C(C)C)OC1(CCCCCCCCCCCCCCCCCC)C(C)C. The molecule has 0 radical (unpaired) electrons. The summed E-state index contributed by atoms with van der Waals surface area (Å²) in [6, 6.07) is 0. The van der Waals surface area contributed by atoms with Crippen molar-refractivity contribution in [3.8, 4) is 0 Å². The Labute approximate surface area is 343 Å². The van der Waals surface area contributed by atoms with Gasteiger partial charge in [-0.3, -0.25) is 0 Å². The molecule has 1 saturated heterocycles. The van der Waals surface area contributed by atoms with E-state index < -0.39 is 0 Å². The largest absolute Gasteiger partial charge is 0.366 e. The Morgan fingerprint density at radius 1 is 0.296 bits per heavy atom. The van der Waals surface area contributed by atoms with Crippen LogP contribution in [-0.4, -0.2) is 23.4 Å². The highest BCUT2D eigenvalue weighted by Crippen LogP contribution is 2.54. The number of hydrogen-bond donors (Lipinski definition) is 0. The van der Waals surface area contributed by atoms with Gasteiger partial charge in [0.15, 0.2) is 0 Å². The first-order chi connectivity index (χ1) is 26.1. The van der Waals surface area contributed by atoms with Crippen molar-refractivity contribution in [3.63, 3.8) is 0 Å². The van der Waals surface area contributed by atoms with Gasteiger partial charge in [0.25, 0.3) is 0 Å². The molecule has 0 aromatic carbocycles. The molecule has 0 N–H and O–H groups in total. The maximum Gasteiger partial charge on any atom is 0.100 e. The summed E-state index contributed by atoms with van der Waals surface area (Å²) in [7, 11) is 0. The summed E-state index contributed by atoms with van der Waals surface area (Å²) < 4.78 is 15.3. The number of ether oxygens (including phenoxy) is 2. The molecular weight excluding hydrogens is 657 g/mol. The highest BCUT2D eigenvalue weighted by molar-refractivity contribution is 5.10. The van der Waals surface area contributed by atoms with Crippen LogP contribution in [0.1, 0.15) is 288 Å². The van der Waals surface area contributed by atoms with E-state index in [-0.39, 0.29) is 23.4 Å². The van der Waals surface area contributed by atoms with Crippen LogP contribution >= 0.6 is 0 Å². The van der Waals surface area contributed by atoms with Crippen LogP contribution in [-0.2, 0) is 9.47 Å². The van der Waals surface area contributed by atoms with E-state index in [0.717, 1.165) is 12.8 Å². The molecule has 0 bridgehead atoms. The molecule has 4 unspecified atom stereocenters. The van der Waals surface area contributed by atoms with Crippen LogP contribution in [0.2, 0.25) is 0 Å². The highest BCUT2D eigenvalue weighted by Gasteiger charge is 2.62. The average molecular weight is 761 g/mol. The van der Waals surface area contributed by atoms with Crippen molar-refractivity contribution in [1.82, 2.24) is 0 Å². The van der Waals surface area contributed by atoms with Crippen molar-refractivity contribution in [2.45, 2.75) is 311 Å². The second-order valence-corrected chi connectivity index (χ2v) is 19.8. The fraction of sp³-hybridized carbons (Fsp3) is 1.00. The Bertz CT molecular complexity index is 736. The van der Waals surface area contributed by atoms with Crippen LogP contribution in [0.4, 0.5) is 0 Å². The summed E-state index contributed by atoms with van der Waals surface area (Å²) in [5.74, 6) is 1.79. The molecule has 0 aromatic rings. The molecule has 4 atom stereocenters. The zero-order valence-electron chi connectivity index (χ0n) is 39.3. The van der Waals surface area contributed by atoms with E-state index >= 15 is 0 Å². The summed E-state index contributed by atoms with van der Waals surface area (Å²) in [6.45, 7) is 23.9. The molecule has 1 aliphatic heterocycles. The standard InChI is InChI=1S/C52H104O2/c1-11-13-15-17-19-21-23-25-27-29-31-33-35-37-39-41-43-51(47(7)8)52(48(9)10,54-50(46(5)6)49(53-51)45(3)4)44-42-40-38-36-34-32-30-28-26-24-22-20-18-16-14-12-2/h45-50H,11-44H2,1-10H3. The summed E-state index contributed by atoms with van der Waals surface area (Å²) in [4.78, 5) is 0. The molecule has 0 amide bonds. The first-order valence-corrected chi connectivity index (χ1v) is 25.4. The predicted molar refractivity (Wildman–Crippen MR) is 243 cm³/mol. The van der Waals surface area contributed by atoms with Crippen LogP contribution in [0.25, 0.3) is 0 Å². The Morgan fingerprint density at radius 3 is 0.648 bits per heavy atom. The van der Waals surface area contributed by atoms with Crippen LogP contribution in [0.15, 0.2) is 0 Å². The van der Waals surface area contributed by atoms with E-state index in [1.807, 2.05) is 0 Å². The smallest absolute Gasteiger partial charge is 0.100 e. The fourth-order valence-corrected chi connectivity index (χ4v) is 10.1. The topological polar surface area (TPSA) is 18.5 Å². The average Bonchev–Trinajstić information content (AvgIpc) is 3.14. The quantitative estimate of drug-likeness (QED) is 0.0584.